The lowest BCUT2D eigenvalue weighted by molar-refractivity contribution is -0.159. The summed E-state index contributed by atoms with van der Waals surface area (Å²) in [6.45, 7) is 2.30. The summed E-state index contributed by atoms with van der Waals surface area (Å²) >= 11 is 0. The number of benzene rings is 1. The van der Waals surface area contributed by atoms with E-state index in [-0.39, 0.29) is 24.1 Å². The van der Waals surface area contributed by atoms with Crippen LogP contribution in [0.25, 0.3) is 11.4 Å². The smallest absolute Gasteiger partial charge is 0.383 e. The highest BCUT2D eigenvalue weighted by Gasteiger charge is 2.38. The summed E-state index contributed by atoms with van der Waals surface area (Å²) in [6.07, 6.45) is -4.69. The summed E-state index contributed by atoms with van der Waals surface area (Å²) in [7, 11) is 1.60. The van der Waals surface area contributed by atoms with Gasteiger partial charge in [0, 0.05) is 37.9 Å². The summed E-state index contributed by atoms with van der Waals surface area (Å²) in [4.78, 5) is 15.2. The van der Waals surface area contributed by atoms with Gasteiger partial charge in [-0.25, -0.2) is 0 Å². The molecule has 0 fully saturated rings. The van der Waals surface area contributed by atoms with Gasteiger partial charge in [-0.15, -0.1) is 12.4 Å². The molecule has 1 amide bonds. The number of amides is 1. The molecule has 1 aromatic carbocycles. The van der Waals surface area contributed by atoms with Crippen LogP contribution in [0.3, 0.4) is 0 Å². The third kappa shape index (κ3) is 6.28. The summed E-state index contributed by atoms with van der Waals surface area (Å²) in [5.41, 5.74) is 0.692. The van der Waals surface area contributed by atoms with Crippen molar-refractivity contribution in [2.45, 2.75) is 6.18 Å². The molecule has 0 aliphatic heterocycles. The molecule has 1 heterocycles. The maximum atomic E-state index is 12.4. The molecular formula is C15H18ClF3N4O3. The molecule has 2 N–H and O–H groups in total. The van der Waals surface area contributed by atoms with E-state index >= 15 is 0 Å². The molecule has 11 heteroatoms. The minimum Gasteiger partial charge on any atom is -0.383 e. The summed E-state index contributed by atoms with van der Waals surface area (Å²) < 4.78 is 46.4. The maximum Gasteiger partial charge on any atom is 0.471 e. The lowest BCUT2D eigenvalue weighted by atomic mass is 10.1. The maximum absolute atomic E-state index is 12.4. The second-order valence-corrected chi connectivity index (χ2v) is 5.00. The summed E-state index contributed by atoms with van der Waals surface area (Å²) in [5, 5.41) is 9.09. The molecule has 1 aromatic heterocycles. The second kappa shape index (κ2) is 10.1. The number of carbonyl (C=O) groups excluding carboxylic acids is 1. The SMILES string of the molecule is COCCNCCNC(=O)c1ccc(-c2noc(C(F)(F)F)n2)cc1.Cl. The molecule has 0 atom stereocenters. The fourth-order valence-corrected chi connectivity index (χ4v) is 1.89. The molecule has 0 saturated heterocycles. The van der Waals surface area contributed by atoms with Gasteiger partial charge in [-0.1, -0.05) is 17.3 Å². The number of rotatable bonds is 8. The van der Waals surface area contributed by atoms with Gasteiger partial charge < -0.3 is 19.9 Å². The zero-order valence-corrected chi connectivity index (χ0v) is 14.6. The lowest BCUT2D eigenvalue weighted by Crippen LogP contribution is -2.33. The Labute approximate surface area is 153 Å². The van der Waals surface area contributed by atoms with E-state index in [0.29, 0.717) is 37.4 Å². The van der Waals surface area contributed by atoms with Gasteiger partial charge in [0.1, 0.15) is 0 Å². The van der Waals surface area contributed by atoms with Crippen LogP contribution in [0.1, 0.15) is 16.2 Å². The van der Waals surface area contributed by atoms with E-state index in [1.807, 2.05) is 0 Å². The number of halogens is 4. The first kappa shape index (κ1) is 21.9. The zero-order valence-electron chi connectivity index (χ0n) is 13.8. The Kier molecular flexibility index (Phi) is 8.49. The van der Waals surface area contributed by atoms with Crippen molar-refractivity contribution in [1.29, 1.82) is 0 Å². The van der Waals surface area contributed by atoms with Crippen molar-refractivity contribution in [2.75, 3.05) is 33.4 Å². The van der Waals surface area contributed by atoms with Crippen LogP contribution in [-0.2, 0) is 10.9 Å². The molecule has 0 spiro atoms. The molecule has 0 saturated carbocycles. The highest BCUT2D eigenvalue weighted by Crippen LogP contribution is 2.29. The van der Waals surface area contributed by atoms with E-state index in [2.05, 4.69) is 25.3 Å². The van der Waals surface area contributed by atoms with Crippen molar-refractivity contribution < 1.29 is 27.2 Å². The van der Waals surface area contributed by atoms with Crippen molar-refractivity contribution in [3.8, 4) is 11.4 Å². The molecular weight excluding hydrogens is 377 g/mol. The van der Waals surface area contributed by atoms with Crippen LogP contribution in [0.2, 0.25) is 0 Å². The average molecular weight is 395 g/mol. The topological polar surface area (TPSA) is 89.3 Å². The van der Waals surface area contributed by atoms with E-state index in [0.717, 1.165) is 0 Å². The first-order valence-electron chi connectivity index (χ1n) is 7.41. The molecule has 2 aromatic rings. The van der Waals surface area contributed by atoms with Crippen LogP contribution >= 0.6 is 12.4 Å². The minimum atomic E-state index is -4.69. The molecule has 144 valence electrons. The number of hydrogen-bond acceptors (Lipinski definition) is 6. The van der Waals surface area contributed by atoms with E-state index in [4.69, 9.17) is 4.74 Å². The summed E-state index contributed by atoms with van der Waals surface area (Å²) in [5.74, 6) is -1.89. The van der Waals surface area contributed by atoms with Crippen LogP contribution in [0.4, 0.5) is 13.2 Å². The quantitative estimate of drug-likeness (QED) is 0.667. The highest BCUT2D eigenvalue weighted by atomic mass is 35.5. The van der Waals surface area contributed by atoms with Crippen molar-refractivity contribution >= 4 is 18.3 Å². The zero-order chi connectivity index (χ0) is 18.3. The first-order chi connectivity index (χ1) is 11.9. The molecule has 0 aliphatic rings. The predicted octanol–water partition coefficient (Wildman–Crippen LogP) is 2.14. The number of hydrogen-bond donors (Lipinski definition) is 2. The van der Waals surface area contributed by atoms with Gasteiger partial charge in [0.25, 0.3) is 5.91 Å². The Balaban J connectivity index is 0.00000338. The molecule has 0 aliphatic carbocycles. The number of nitrogens with one attached hydrogen (secondary N) is 2. The number of ether oxygens (including phenoxy) is 1. The van der Waals surface area contributed by atoms with Crippen LogP contribution < -0.4 is 10.6 Å². The number of nitrogens with zero attached hydrogens (tertiary/aromatic N) is 2. The fraction of sp³-hybridized carbons (Fsp3) is 0.400. The molecule has 7 nitrogen and oxygen atoms in total. The predicted molar refractivity (Wildman–Crippen MR) is 89.1 cm³/mol. The van der Waals surface area contributed by atoms with Crippen molar-refractivity contribution in [3.05, 3.63) is 35.7 Å². The van der Waals surface area contributed by atoms with Gasteiger partial charge >= 0.3 is 12.1 Å². The monoisotopic (exact) mass is 394 g/mol. The van der Waals surface area contributed by atoms with E-state index in [9.17, 15) is 18.0 Å². The van der Waals surface area contributed by atoms with Gasteiger partial charge in [0.05, 0.1) is 6.61 Å². The van der Waals surface area contributed by atoms with Gasteiger partial charge in [0.2, 0.25) is 5.82 Å². The van der Waals surface area contributed by atoms with Crippen molar-refractivity contribution in [2.24, 2.45) is 0 Å². The lowest BCUT2D eigenvalue weighted by Gasteiger charge is -2.07. The Morgan fingerprint density at radius 3 is 2.46 bits per heavy atom. The Morgan fingerprint density at radius 1 is 1.19 bits per heavy atom. The number of alkyl halides is 3. The third-order valence-electron chi connectivity index (χ3n) is 3.14. The molecule has 0 unspecified atom stereocenters. The molecule has 0 radical (unpaired) electrons. The highest BCUT2D eigenvalue weighted by molar-refractivity contribution is 5.94. The molecule has 0 bridgehead atoms. The average Bonchev–Trinajstić information content (AvgIpc) is 3.08. The van der Waals surface area contributed by atoms with E-state index in [1.165, 1.54) is 24.3 Å². The Bertz CT molecular complexity index is 692. The standard InChI is InChI=1S/C15H17F3N4O3.ClH/c1-24-9-8-19-6-7-20-13(23)11-4-2-10(3-5-11)12-21-14(25-22-12)15(16,17)18;/h2-5,19H,6-9H2,1H3,(H,20,23);1H. The van der Waals surface area contributed by atoms with Crippen LogP contribution in [-0.4, -0.2) is 49.4 Å². The van der Waals surface area contributed by atoms with Gasteiger partial charge in [0.15, 0.2) is 0 Å². The molecule has 2 rings (SSSR count). The summed E-state index contributed by atoms with van der Waals surface area (Å²) in [6, 6.07) is 5.87. The largest absolute Gasteiger partial charge is 0.471 e. The Hall–Kier alpha value is -2.17. The van der Waals surface area contributed by atoms with Crippen LogP contribution in [0.15, 0.2) is 28.8 Å². The van der Waals surface area contributed by atoms with E-state index < -0.39 is 12.1 Å². The van der Waals surface area contributed by atoms with Gasteiger partial charge in [-0.3, -0.25) is 4.79 Å². The van der Waals surface area contributed by atoms with Gasteiger partial charge in [-0.05, 0) is 12.1 Å². The number of aromatic nitrogens is 2. The van der Waals surface area contributed by atoms with Crippen LogP contribution in [0.5, 0.6) is 0 Å². The van der Waals surface area contributed by atoms with Gasteiger partial charge in [-0.2, -0.15) is 18.2 Å². The second-order valence-electron chi connectivity index (χ2n) is 5.00. The minimum absolute atomic E-state index is 0. The van der Waals surface area contributed by atoms with Crippen molar-refractivity contribution in [1.82, 2.24) is 20.8 Å². The normalized spacial score (nSPS) is 11.1. The van der Waals surface area contributed by atoms with Crippen molar-refractivity contribution in [3.63, 3.8) is 0 Å². The number of methoxy groups -OCH3 is 1. The third-order valence-corrected chi connectivity index (χ3v) is 3.14. The molecule has 26 heavy (non-hydrogen) atoms. The number of carbonyl (C=O) groups is 1. The Morgan fingerprint density at radius 2 is 1.88 bits per heavy atom. The van der Waals surface area contributed by atoms with Crippen LogP contribution in [0, 0.1) is 0 Å². The first-order valence-corrected chi connectivity index (χ1v) is 7.41. The fourth-order valence-electron chi connectivity index (χ4n) is 1.89. The van der Waals surface area contributed by atoms with E-state index in [1.54, 1.807) is 7.11 Å².